The molecule has 0 bridgehead atoms. The lowest BCUT2D eigenvalue weighted by atomic mass is 9.86. The molecule has 4 heteroatoms. The summed E-state index contributed by atoms with van der Waals surface area (Å²) in [7, 11) is 0. The van der Waals surface area contributed by atoms with Gasteiger partial charge in [0.15, 0.2) is 0 Å². The topological polar surface area (TPSA) is 72.2 Å². The van der Waals surface area contributed by atoms with Crippen molar-refractivity contribution in [2.75, 3.05) is 0 Å². The van der Waals surface area contributed by atoms with E-state index in [2.05, 4.69) is 39.9 Å². The molecule has 0 heterocycles. The average molecular weight is 352 g/mol. The fourth-order valence-corrected chi connectivity index (χ4v) is 2.84. The second-order valence-corrected chi connectivity index (χ2v) is 8.01. The van der Waals surface area contributed by atoms with E-state index < -0.39 is 5.91 Å². The predicted octanol–water partition coefficient (Wildman–Crippen LogP) is 4.21. The first-order chi connectivity index (χ1) is 12.1. The SMILES string of the molecule is CC(C)C(NC(=O)c1ccc(C(C)(C)C)cc1)c1ccc(C(N)=O)cc1. The molecule has 0 radical (unpaired) electrons. The smallest absolute Gasteiger partial charge is 0.251 e. The zero-order chi connectivity index (χ0) is 19.5. The number of amides is 2. The Morgan fingerprint density at radius 1 is 0.885 bits per heavy atom. The van der Waals surface area contributed by atoms with Gasteiger partial charge in [0.1, 0.15) is 0 Å². The largest absolute Gasteiger partial charge is 0.366 e. The van der Waals surface area contributed by atoms with Gasteiger partial charge in [-0.15, -0.1) is 0 Å². The molecule has 2 aromatic rings. The second kappa shape index (κ2) is 7.73. The lowest BCUT2D eigenvalue weighted by molar-refractivity contribution is 0.0924. The first-order valence-electron chi connectivity index (χ1n) is 8.91. The number of rotatable bonds is 5. The molecule has 2 rings (SSSR count). The first kappa shape index (κ1) is 19.7. The van der Waals surface area contributed by atoms with Crippen LogP contribution >= 0.6 is 0 Å². The van der Waals surface area contributed by atoms with Crippen LogP contribution in [0.5, 0.6) is 0 Å². The van der Waals surface area contributed by atoms with Crippen LogP contribution in [-0.4, -0.2) is 11.8 Å². The number of carbonyl (C=O) groups excluding carboxylic acids is 2. The van der Waals surface area contributed by atoms with Crippen LogP contribution in [0.1, 0.15) is 72.5 Å². The van der Waals surface area contributed by atoms with Crippen molar-refractivity contribution in [3.05, 3.63) is 70.8 Å². The third-order valence-electron chi connectivity index (χ3n) is 4.52. The Balaban J connectivity index is 2.19. The zero-order valence-corrected chi connectivity index (χ0v) is 16.2. The maximum absolute atomic E-state index is 12.7. The van der Waals surface area contributed by atoms with Crippen molar-refractivity contribution >= 4 is 11.8 Å². The summed E-state index contributed by atoms with van der Waals surface area (Å²) in [4.78, 5) is 23.9. The summed E-state index contributed by atoms with van der Waals surface area (Å²) in [6.45, 7) is 10.5. The van der Waals surface area contributed by atoms with E-state index in [-0.39, 0.29) is 23.3 Å². The number of hydrogen-bond donors (Lipinski definition) is 2. The van der Waals surface area contributed by atoms with Gasteiger partial charge in [0.2, 0.25) is 5.91 Å². The molecule has 0 saturated heterocycles. The Morgan fingerprint density at radius 3 is 1.81 bits per heavy atom. The summed E-state index contributed by atoms with van der Waals surface area (Å²) < 4.78 is 0. The number of carbonyl (C=O) groups is 2. The van der Waals surface area contributed by atoms with E-state index in [1.807, 2.05) is 36.4 Å². The molecular formula is C22H28N2O2. The van der Waals surface area contributed by atoms with Crippen LogP contribution in [0.3, 0.4) is 0 Å². The van der Waals surface area contributed by atoms with Gasteiger partial charge in [0.05, 0.1) is 6.04 Å². The maximum Gasteiger partial charge on any atom is 0.251 e. The van der Waals surface area contributed by atoms with Crippen LogP contribution in [0.2, 0.25) is 0 Å². The van der Waals surface area contributed by atoms with Crippen molar-refractivity contribution in [3.8, 4) is 0 Å². The molecule has 0 aliphatic heterocycles. The number of primary amides is 1. The average Bonchev–Trinajstić information content (AvgIpc) is 2.58. The van der Waals surface area contributed by atoms with E-state index in [4.69, 9.17) is 5.73 Å². The van der Waals surface area contributed by atoms with Gasteiger partial charge in [-0.2, -0.15) is 0 Å². The summed E-state index contributed by atoms with van der Waals surface area (Å²) in [6, 6.07) is 14.7. The highest BCUT2D eigenvalue weighted by Crippen LogP contribution is 2.24. The first-order valence-corrected chi connectivity index (χ1v) is 8.91. The van der Waals surface area contributed by atoms with Gasteiger partial charge in [-0.3, -0.25) is 9.59 Å². The van der Waals surface area contributed by atoms with E-state index in [0.717, 1.165) is 5.56 Å². The molecule has 0 saturated carbocycles. The van der Waals surface area contributed by atoms with E-state index in [0.29, 0.717) is 11.1 Å². The van der Waals surface area contributed by atoms with Crippen LogP contribution in [0.4, 0.5) is 0 Å². The normalized spacial score (nSPS) is 12.7. The minimum Gasteiger partial charge on any atom is -0.366 e. The molecule has 0 spiro atoms. The van der Waals surface area contributed by atoms with E-state index in [9.17, 15) is 9.59 Å². The van der Waals surface area contributed by atoms with Gasteiger partial charge in [0, 0.05) is 11.1 Å². The molecule has 0 aliphatic rings. The minimum atomic E-state index is -0.458. The van der Waals surface area contributed by atoms with Crippen molar-refractivity contribution in [2.24, 2.45) is 11.7 Å². The molecule has 1 atom stereocenters. The fourth-order valence-electron chi connectivity index (χ4n) is 2.84. The molecular weight excluding hydrogens is 324 g/mol. The molecule has 2 aromatic carbocycles. The van der Waals surface area contributed by atoms with Crippen molar-refractivity contribution < 1.29 is 9.59 Å². The Kier molecular flexibility index (Phi) is 5.86. The highest BCUT2D eigenvalue weighted by atomic mass is 16.2. The Labute approximate surface area is 155 Å². The Bertz CT molecular complexity index is 769. The van der Waals surface area contributed by atoms with E-state index in [1.54, 1.807) is 12.1 Å². The summed E-state index contributed by atoms with van der Waals surface area (Å²) >= 11 is 0. The predicted molar refractivity (Wildman–Crippen MR) is 105 cm³/mol. The molecule has 2 amide bonds. The third kappa shape index (κ3) is 4.72. The Hall–Kier alpha value is -2.62. The number of nitrogens with two attached hydrogens (primary N) is 1. The van der Waals surface area contributed by atoms with Gasteiger partial charge < -0.3 is 11.1 Å². The van der Waals surface area contributed by atoms with Crippen LogP contribution < -0.4 is 11.1 Å². The lowest BCUT2D eigenvalue weighted by Gasteiger charge is -2.24. The molecule has 0 aliphatic carbocycles. The van der Waals surface area contributed by atoms with Gasteiger partial charge in [-0.05, 0) is 46.7 Å². The summed E-state index contributed by atoms with van der Waals surface area (Å²) in [5.74, 6) is -0.365. The molecule has 0 fully saturated rings. The standard InChI is InChI=1S/C22H28N2O2/c1-14(2)19(15-6-8-16(9-7-15)20(23)25)24-21(26)17-10-12-18(13-11-17)22(3,4)5/h6-14,19H,1-5H3,(H2,23,25)(H,24,26). The molecule has 26 heavy (non-hydrogen) atoms. The number of nitrogens with one attached hydrogen (secondary N) is 1. The van der Waals surface area contributed by atoms with Crippen LogP contribution in [-0.2, 0) is 5.41 Å². The molecule has 3 N–H and O–H groups in total. The second-order valence-electron chi connectivity index (χ2n) is 8.01. The summed E-state index contributed by atoms with van der Waals surface area (Å²) in [5, 5.41) is 3.10. The van der Waals surface area contributed by atoms with Crippen LogP contribution in [0, 0.1) is 5.92 Å². The fraction of sp³-hybridized carbons (Fsp3) is 0.364. The van der Waals surface area contributed by atoms with E-state index in [1.165, 1.54) is 5.56 Å². The lowest BCUT2D eigenvalue weighted by Crippen LogP contribution is -2.31. The van der Waals surface area contributed by atoms with Crippen molar-refractivity contribution in [1.29, 1.82) is 0 Å². The Morgan fingerprint density at radius 2 is 1.38 bits per heavy atom. The van der Waals surface area contributed by atoms with Crippen molar-refractivity contribution in [3.63, 3.8) is 0 Å². The van der Waals surface area contributed by atoms with Gasteiger partial charge in [-0.1, -0.05) is 58.9 Å². The van der Waals surface area contributed by atoms with Crippen molar-refractivity contribution in [2.45, 2.75) is 46.1 Å². The van der Waals surface area contributed by atoms with Gasteiger partial charge in [0.25, 0.3) is 5.91 Å². The summed E-state index contributed by atoms with van der Waals surface area (Å²) in [6.07, 6.45) is 0. The molecule has 4 nitrogen and oxygen atoms in total. The highest BCUT2D eigenvalue weighted by molar-refractivity contribution is 5.94. The maximum atomic E-state index is 12.7. The zero-order valence-electron chi connectivity index (χ0n) is 16.2. The molecule has 1 unspecified atom stereocenters. The van der Waals surface area contributed by atoms with Crippen LogP contribution in [0.25, 0.3) is 0 Å². The number of hydrogen-bond acceptors (Lipinski definition) is 2. The molecule has 0 aromatic heterocycles. The molecule has 138 valence electrons. The quantitative estimate of drug-likeness (QED) is 0.846. The monoisotopic (exact) mass is 352 g/mol. The van der Waals surface area contributed by atoms with Crippen molar-refractivity contribution in [1.82, 2.24) is 5.32 Å². The van der Waals surface area contributed by atoms with E-state index >= 15 is 0 Å². The van der Waals surface area contributed by atoms with Gasteiger partial charge in [-0.25, -0.2) is 0 Å². The summed E-state index contributed by atoms with van der Waals surface area (Å²) in [5.41, 5.74) is 8.58. The highest BCUT2D eigenvalue weighted by Gasteiger charge is 2.20. The number of benzene rings is 2. The third-order valence-corrected chi connectivity index (χ3v) is 4.52. The van der Waals surface area contributed by atoms with Crippen LogP contribution in [0.15, 0.2) is 48.5 Å². The minimum absolute atomic E-state index is 0.0532. The van der Waals surface area contributed by atoms with Gasteiger partial charge >= 0.3 is 0 Å².